The summed E-state index contributed by atoms with van der Waals surface area (Å²) in [5.74, 6) is 0. The molecular formula is C7H4ClN2S. The van der Waals surface area contributed by atoms with Crippen LogP contribution in [-0.2, 0) is 0 Å². The Morgan fingerprint density at radius 1 is 1.55 bits per heavy atom. The molecule has 1 heterocycles. The fraction of sp³-hybridized carbons (Fsp3) is 0.143. The Kier molecular flexibility index (Phi) is 1.55. The lowest BCUT2D eigenvalue weighted by Crippen LogP contribution is -1.76. The molecule has 0 aliphatic heterocycles. The number of aryl methyl sites for hydroxylation is 1. The maximum Gasteiger partial charge on any atom is 0.114 e. The average molecular weight is 184 g/mol. The molecule has 0 atom stereocenters. The van der Waals surface area contributed by atoms with Crippen molar-refractivity contribution in [1.82, 2.24) is 8.75 Å². The van der Waals surface area contributed by atoms with E-state index < -0.39 is 0 Å². The summed E-state index contributed by atoms with van der Waals surface area (Å²) in [5.41, 5.74) is 2.72. The van der Waals surface area contributed by atoms with Crippen LogP contribution in [0.15, 0.2) is 6.07 Å². The van der Waals surface area contributed by atoms with Crippen molar-refractivity contribution in [2.45, 2.75) is 6.92 Å². The molecule has 0 spiro atoms. The van der Waals surface area contributed by atoms with Gasteiger partial charge in [0.15, 0.2) is 0 Å². The fourth-order valence-corrected chi connectivity index (χ4v) is 1.76. The molecule has 1 aromatic heterocycles. The third-order valence-corrected chi connectivity index (χ3v) is 2.18. The first kappa shape index (κ1) is 7.00. The highest BCUT2D eigenvalue weighted by molar-refractivity contribution is 7.00. The predicted octanol–water partition coefficient (Wildman–Crippen LogP) is 2.45. The smallest absolute Gasteiger partial charge is 0.114 e. The summed E-state index contributed by atoms with van der Waals surface area (Å²) in [6.07, 6.45) is 0. The minimum Gasteiger partial charge on any atom is -0.173 e. The maximum absolute atomic E-state index is 5.76. The Balaban J connectivity index is 2.91. The van der Waals surface area contributed by atoms with E-state index >= 15 is 0 Å². The van der Waals surface area contributed by atoms with E-state index in [2.05, 4.69) is 14.8 Å². The van der Waals surface area contributed by atoms with E-state index in [0.29, 0.717) is 5.02 Å². The van der Waals surface area contributed by atoms with E-state index in [-0.39, 0.29) is 0 Å². The summed E-state index contributed by atoms with van der Waals surface area (Å²) >= 11 is 6.95. The molecule has 0 aliphatic rings. The highest BCUT2D eigenvalue weighted by Gasteiger charge is 2.02. The Hall–Kier alpha value is -0.670. The van der Waals surface area contributed by atoms with Crippen LogP contribution in [0.5, 0.6) is 0 Å². The van der Waals surface area contributed by atoms with Gasteiger partial charge < -0.3 is 0 Å². The van der Waals surface area contributed by atoms with Crippen molar-refractivity contribution in [1.29, 1.82) is 0 Å². The van der Waals surface area contributed by atoms with Gasteiger partial charge in [0.2, 0.25) is 0 Å². The van der Waals surface area contributed by atoms with Crippen LogP contribution in [0.2, 0.25) is 5.02 Å². The Morgan fingerprint density at radius 2 is 2.36 bits per heavy atom. The summed E-state index contributed by atoms with van der Waals surface area (Å²) in [7, 11) is 0. The standard InChI is InChI=1S/C7H4ClN2S/c1-4-2-5(8)3-6-7(4)10-11-9-6/h2H,1H3. The summed E-state index contributed by atoms with van der Waals surface area (Å²) in [4.78, 5) is 0. The molecular weight excluding hydrogens is 180 g/mol. The molecule has 2 aromatic rings. The summed E-state index contributed by atoms with van der Waals surface area (Å²) in [5, 5.41) is 0.600. The molecule has 0 bridgehead atoms. The van der Waals surface area contributed by atoms with E-state index in [9.17, 15) is 0 Å². The molecule has 4 heteroatoms. The minimum absolute atomic E-state index is 0.600. The van der Waals surface area contributed by atoms with Crippen LogP contribution in [0.4, 0.5) is 0 Å². The molecule has 0 unspecified atom stereocenters. The van der Waals surface area contributed by atoms with Crippen molar-refractivity contribution in [3.8, 4) is 0 Å². The van der Waals surface area contributed by atoms with Crippen LogP contribution in [-0.4, -0.2) is 8.75 Å². The van der Waals surface area contributed by atoms with Gasteiger partial charge in [0, 0.05) is 6.07 Å². The predicted molar refractivity (Wildman–Crippen MR) is 46.0 cm³/mol. The van der Waals surface area contributed by atoms with Gasteiger partial charge >= 0.3 is 0 Å². The average Bonchev–Trinajstić information content (AvgIpc) is 2.34. The van der Waals surface area contributed by atoms with Crippen LogP contribution in [0.3, 0.4) is 0 Å². The second-order valence-electron chi connectivity index (χ2n) is 2.26. The summed E-state index contributed by atoms with van der Waals surface area (Å²) in [6, 6.07) is 4.75. The quantitative estimate of drug-likeness (QED) is 0.627. The molecule has 0 N–H and O–H groups in total. The highest BCUT2D eigenvalue weighted by atomic mass is 35.5. The van der Waals surface area contributed by atoms with E-state index in [1.165, 1.54) is 11.7 Å². The second-order valence-corrected chi connectivity index (χ2v) is 3.20. The van der Waals surface area contributed by atoms with Crippen LogP contribution in [0.1, 0.15) is 5.56 Å². The lowest BCUT2D eigenvalue weighted by Gasteiger charge is -1.92. The molecule has 1 aromatic carbocycles. The minimum atomic E-state index is 0.600. The summed E-state index contributed by atoms with van der Waals surface area (Å²) < 4.78 is 8.13. The number of fused-ring (bicyclic) bond motifs is 1. The monoisotopic (exact) mass is 183 g/mol. The third-order valence-electron chi connectivity index (χ3n) is 1.44. The SMILES string of the molecule is Cc1cc(Cl)[c]c2nsnc12. The summed E-state index contributed by atoms with van der Waals surface area (Å²) in [6.45, 7) is 1.96. The van der Waals surface area contributed by atoms with Crippen molar-refractivity contribution < 1.29 is 0 Å². The van der Waals surface area contributed by atoms with Crippen LogP contribution >= 0.6 is 23.3 Å². The first-order valence-corrected chi connectivity index (χ1v) is 4.19. The van der Waals surface area contributed by atoms with Gasteiger partial charge in [-0.1, -0.05) is 11.6 Å². The lowest BCUT2D eigenvalue weighted by molar-refractivity contribution is 1.48. The first-order valence-electron chi connectivity index (χ1n) is 3.08. The zero-order valence-electron chi connectivity index (χ0n) is 5.76. The number of halogens is 1. The zero-order chi connectivity index (χ0) is 7.84. The van der Waals surface area contributed by atoms with E-state index in [1.54, 1.807) is 0 Å². The lowest BCUT2D eigenvalue weighted by atomic mass is 10.2. The van der Waals surface area contributed by atoms with Gasteiger partial charge in [-0.05, 0) is 18.6 Å². The van der Waals surface area contributed by atoms with Crippen molar-refractivity contribution in [2.75, 3.05) is 0 Å². The molecule has 11 heavy (non-hydrogen) atoms. The Labute approximate surface area is 73.1 Å². The molecule has 0 fully saturated rings. The van der Waals surface area contributed by atoms with Gasteiger partial charge in [-0.25, -0.2) is 0 Å². The molecule has 2 rings (SSSR count). The van der Waals surface area contributed by atoms with Crippen LogP contribution in [0.25, 0.3) is 11.0 Å². The number of hydrogen-bond acceptors (Lipinski definition) is 3. The van der Waals surface area contributed by atoms with Crippen molar-refractivity contribution in [3.05, 3.63) is 22.7 Å². The van der Waals surface area contributed by atoms with Crippen molar-refractivity contribution >= 4 is 34.4 Å². The molecule has 55 valence electrons. The van der Waals surface area contributed by atoms with Crippen LogP contribution in [0, 0.1) is 13.0 Å². The molecule has 0 aliphatic carbocycles. The van der Waals surface area contributed by atoms with Gasteiger partial charge in [0.25, 0.3) is 0 Å². The van der Waals surface area contributed by atoms with E-state index in [4.69, 9.17) is 11.6 Å². The number of benzene rings is 1. The highest BCUT2D eigenvalue weighted by Crippen LogP contribution is 2.20. The Morgan fingerprint density at radius 3 is 3.18 bits per heavy atom. The number of hydrogen-bond donors (Lipinski definition) is 0. The zero-order valence-corrected chi connectivity index (χ0v) is 7.33. The molecule has 1 radical (unpaired) electrons. The molecule has 0 amide bonds. The number of rotatable bonds is 0. The fourth-order valence-electron chi connectivity index (χ4n) is 0.937. The molecule has 2 nitrogen and oxygen atoms in total. The van der Waals surface area contributed by atoms with E-state index in [0.717, 1.165) is 16.6 Å². The van der Waals surface area contributed by atoms with Crippen molar-refractivity contribution in [2.24, 2.45) is 0 Å². The van der Waals surface area contributed by atoms with Gasteiger partial charge in [-0.15, -0.1) is 0 Å². The third kappa shape index (κ3) is 1.10. The number of nitrogens with zero attached hydrogens (tertiary/aromatic N) is 2. The van der Waals surface area contributed by atoms with Gasteiger partial charge in [0.05, 0.1) is 16.8 Å². The van der Waals surface area contributed by atoms with Crippen LogP contribution < -0.4 is 0 Å². The maximum atomic E-state index is 5.76. The largest absolute Gasteiger partial charge is 0.173 e. The molecule has 0 saturated heterocycles. The Bertz CT molecular complexity index is 396. The van der Waals surface area contributed by atoms with Gasteiger partial charge in [-0.2, -0.15) is 8.75 Å². The normalized spacial score (nSPS) is 10.7. The van der Waals surface area contributed by atoms with Gasteiger partial charge in [0.1, 0.15) is 11.0 Å². The van der Waals surface area contributed by atoms with Gasteiger partial charge in [-0.3, -0.25) is 0 Å². The van der Waals surface area contributed by atoms with E-state index in [1.807, 2.05) is 13.0 Å². The molecule has 0 saturated carbocycles. The second kappa shape index (κ2) is 2.43. The van der Waals surface area contributed by atoms with Crippen molar-refractivity contribution in [3.63, 3.8) is 0 Å². The first-order chi connectivity index (χ1) is 5.27. The topological polar surface area (TPSA) is 25.8 Å². The number of aromatic nitrogens is 2.